The average molecular weight is 540 g/mol. The maximum atomic E-state index is 12.5. The summed E-state index contributed by atoms with van der Waals surface area (Å²) >= 11 is 0. The van der Waals surface area contributed by atoms with Gasteiger partial charge >= 0.3 is 18.2 Å². The topological polar surface area (TPSA) is 120 Å². The van der Waals surface area contributed by atoms with E-state index < -0.39 is 43.2 Å². The van der Waals surface area contributed by atoms with Crippen LogP contribution in [0.5, 0.6) is 5.75 Å². The lowest BCUT2D eigenvalue weighted by atomic mass is 9.87. The summed E-state index contributed by atoms with van der Waals surface area (Å²) in [5.74, 6) is -0.561. The molecule has 0 aliphatic heterocycles. The lowest BCUT2D eigenvalue weighted by molar-refractivity contribution is -0.144. The Bertz CT molecular complexity index is 1140. The molecule has 1 amide bonds. The Labute approximate surface area is 218 Å². The summed E-state index contributed by atoms with van der Waals surface area (Å²) in [5, 5.41) is 18.1. The lowest BCUT2D eigenvalue weighted by Gasteiger charge is -2.27. The number of nitrogens with zero attached hydrogens (tertiary/aromatic N) is 5. The van der Waals surface area contributed by atoms with E-state index in [1.54, 1.807) is 29.9 Å². The van der Waals surface area contributed by atoms with E-state index in [2.05, 4.69) is 15.3 Å². The molecule has 10 nitrogen and oxygen atoms in total. The van der Waals surface area contributed by atoms with Crippen molar-refractivity contribution in [3.05, 3.63) is 24.0 Å². The van der Waals surface area contributed by atoms with E-state index >= 15 is 0 Å². The van der Waals surface area contributed by atoms with E-state index in [-0.39, 0.29) is 18.6 Å². The minimum absolute atomic E-state index is 0.0953. The molecule has 0 bridgehead atoms. The molecule has 1 N–H and O–H groups in total. The highest BCUT2D eigenvalue weighted by molar-refractivity contribution is 5.70. The first-order valence-corrected chi connectivity index (χ1v) is 12.8. The van der Waals surface area contributed by atoms with Crippen molar-refractivity contribution < 1.29 is 37.3 Å². The number of amides is 1. The first-order chi connectivity index (χ1) is 18.0. The zero-order chi connectivity index (χ0) is 27.4. The molecule has 2 fully saturated rings. The maximum Gasteiger partial charge on any atom is 0.409 e. The molecule has 0 unspecified atom stereocenters. The molecular weight excluding hydrogens is 507 g/mol. The summed E-state index contributed by atoms with van der Waals surface area (Å²) in [6.45, 7) is 1.20. The van der Waals surface area contributed by atoms with Crippen LogP contribution in [0.1, 0.15) is 69.5 Å². The van der Waals surface area contributed by atoms with Crippen LogP contribution in [0.2, 0.25) is 0 Å². The Hall–Kier alpha value is -3.38. The molecule has 2 aliphatic carbocycles. The van der Waals surface area contributed by atoms with Gasteiger partial charge in [-0.25, -0.2) is 9.48 Å². The van der Waals surface area contributed by atoms with E-state index in [0.29, 0.717) is 30.0 Å². The summed E-state index contributed by atoms with van der Waals surface area (Å²) in [6, 6.07) is 3.11. The Morgan fingerprint density at radius 1 is 1.24 bits per heavy atom. The van der Waals surface area contributed by atoms with E-state index in [4.69, 9.17) is 9.47 Å². The van der Waals surface area contributed by atoms with Crippen LogP contribution in [-0.4, -0.2) is 74.5 Å². The normalized spacial score (nSPS) is 20.6. The van der Waals surface area contributed by atoms with Crippen molar-refractivity contribution >= 4 is 12.1 Å². The van der Waals surface area contributed by atoms with Gasteiger partial charge in [0.15, 0.2) is 0 Å². The van der Waals surface area contributed by atoms with Crippen LogP contribution in [0.4, 0.5) is 18.0 Å². The minimum Gasteiger partial charge on any atom is -0.488 e. The van der Waals surface area contributed by atoms with Gasteiger partial charge in [-0.2, -0.15) is 13.2 Å². The van der Waals surface area contributed by atoms with Crippen molar-refractivity contribution in [3.63, 3.8) is 0 Å². The summed E-state index contributed by atoms with van der Waals surface area (Å²) in [5.41, 5.74) is 1.89. The molecule has 4 rings (SSSR count). The van der Waals surface area contributed by atoms with Crippen LogP contribution < -0.4 is 4.74 Å². The number of carboxylic acids is 1. The standard InChI is InChI=1S/C25H32F3N5O5/c1-15(14-37-24(36)32(2)12-10-25(26,27)28)33-22(16-8-9-16)21(30-31-33)20-19(7-4-11-29-20)38-18-6-3-5-17(13-18)23(34)35/h4,7,11,15-18H,3,5-6,8-10,12-14H2,1-2H3,(H,34,35)/t15-,17-,18-/m0/s1. The zero-order valence-electron chi connectivity index (χ0n) is 21.4. The number of aromatic nitrogens is 4. The molecule has 2 aliphatic rings. The molecule has 2 aromatic rings. The molecule has 0 spiro atoms. The van der Waals surface area contributed by atoms with Gasteiger partial charge in [0.25, 0.3) is 0 Å². The van der Waals surface area contributed by atoms with Crippen LogP contribution in [0.15, 0.2) is 18.3 Å². The highest BCUT2D eigenvalue weighted by Crippen LogP contribution is 2.45. The molecule has 0 radical (unpaired) electrons. The number of aliphatic carboxylic acids is 1. The summed E-state index contributed by atoms with van der Waals surface area (Å²) < 4.78 is 50.5. The molecule has 3 atom stereocenters. The summed E-state index contributed by atoms with van der Waals surface area (Å²) in [6.07, 6.45) is -0.510. The van der Waals surface area contributed by atoms with Crippen molar-refractivity contribution in [2.45, 2.75) is 76.1 Å². The highest BCUT2D eigenvalue weighted by atomic mass is 19.4. The van der Waals surface area contributed by atoms with E-state index in [1.807, 2.05) is 0 Å². The Balaban J connectivity index is 1.47. The SMILES string of the molecule is C[C@@H](COC(=O)N(C)CCC(F)(F)F)n1nnc(-c2ncccc2O[C@H]2CCC[C@H](C(=O)O)C2)c1C1CC1. The molecule has 2 heterocycles. The van der Waals surface area contributed by atoms with Crippen LogP contribution in [0.25, 0.3) is 11.4 Å². The van der Waals surface area contributed by atoms with Crippen molar-refractivity contribution in [1.82, 2.24) is 24.9 Å². The van der Waals surface area contributed by atoms with Crippen molar-refractivity contribution in [3.8, 4) is 17.1 Å². The zero-order valence-corrected chi connectivity index (χ0v) is 21.4. The third kappa shape index (κ3) is 6.93. The second-order valence-electron chi connectivity index (χ2n) is 10.0. The average Bonchev–Trinajstić information content (AvgIpc) is 3.63. The van der Waals surface area contributed by atoms with Crippen LogP contribution in [-0.2, 0) is 9.53 Å². The molecule has 13 heteroatoms. The Morgan fingerprint density at radius 3 is 2.68 bits per heavy atom. The fourth-order valence-corrected chi connectivity index (χ4v) is 4.61. The van der Waals surface area contributed by atoms with E-state index in [0.717, 1.165) is 36.3 Å². The smallest absolute Gasteiger partial charge is 0.409 e. The number of carbonyl (C=O) groups excluding carboxylic acids is 1. The van der Waals surface area contributed by atoms with Gasteiger partial charge in [0.05, 0.1) is 30.2 Å². The number of pyridine rings is 1. The number of alkyl halides is 3. The number of rotatable bonds is 10. The Kier molecular flexibility index (Phi) is 8.41. The van der Waals surface area contributed by atoms with Crippen LogP contribution >= 0.6 is 0 Å². The first-order valence-electron chi connectivity index (χ1n) is 12.8. The fourth-order valence-electron chi connectivity index (χ4n) is 4.61. The van der Waals surface area contributed by atoms with Gasteiger partial charge in [-0.05, 0) is 57.6 Å². The van der Waals surface area contributed by atoms with Crippen molar-refractivity contribution in [2.24, 2.45) is 5.92 Å². The van der Waals surface area contributed by atoms with Crippen LogP contribution in [0, 0.1) is 5.92 Å². The number of halogens is 3. The maximum absolute atomic E-state index is 12.5. The second-order valence-corrected chi connectivity index (χ2v) is 10.0. The predicted octanol–water partition coefficient (Wildman–Crippen LogP) is 4.82. The number of carbonyl (C=O) groups is 2. The molecule has 2 saturated carbocycles. The summed E-state index contributed by atoms with van der Waals surface area (Å²) in [7, 11) is 1.26. The molecule has 208 valence electrons. The lowest BCUT2D eigenvalue weighted by Crippen LogP contribution is -2.32. The summed E-state index contributed by atoms with van der Waals surface area (Å²) in [4.78, 5) is 29.1. The van der Waals surface area contributed by atoms with E-state index in [9.17, 15) is 27.9 Å². The largest absolute Gasteiger partial charge is 0.488 e. The van der Waals surface area contributed by atoms with Gasteiger partial charge in [-0.15, -0.1) is 5.10 Å². The molecular formula is C25H32F3N5O5. The number of ether oxygens (including phenoxy) is 2. The van der Waals surface area contributed by atoms with Gasteiger partial charge in [0.2, 0.25) is 0 Å². The minimum atomic E-state index is -4.36. The third-order valence-electron chi connectivity index (χ3n) is 6.87. The monoisotopic (exact) mass is 539 g/mol. The molecule has 0 aromatic carbocycles. The van der Waals surface area contributed by atoms with Crippen molar-refractivity contribution in [1.29, 1.82) is 0 Å². The Morgan fingerprint density at radius 2 is 2.00 bits per heavy atom. The first kappa shape index (κ1) is 27.6. The predicted molar refractivity (Wildman–Crippen MR) is 129 cm³/mol. The number of hydrogen-bond acceptors (Lipinski definition) is 7. The van der Waals surface area contributed by atoms with Gasteiger partial charge in [0, 0.05) is 25.7 Å². The third-order valence-corrected chi connectivity index (χ3v) is 6.87. The highest BCUT2D eigenvalue weighted by Gasteiger charge is 2.36. The molecule has 2 aromatic heterocycles. The van der Waals surface area contributed by atoms with Gasteiger partial charge in [-0.1, -0.05) is 5.21 Å². The second kappa shape index (κ2) is 11.6. The number of hydrogen-bond donors (Lipinski definition) is 1. The van der Waals surface area contributed by atoms with Gasteiger partial charge < -0.3 is 19.5 Å². The van der Waals surface area contributed by atoms with Crippen LogP contribution in [0.3, 0.4) is 0 Å². The van der Waals surface area contributed by atoms with Gasteiger partial charge in [0.1, 0.15) is 23.7 Å². The van der Waals surface area contributed by atoms with Gasteiger partial charge in [-0.3, -0.25) is 9.78 Å². The van der Waals surface area contributed by atoms with E-state index in [1.165, 1.54) is 7.05 Å². The number of carboxylic acid groups (broad SMARTS) is 1. The molecule has 38 heavy (non-hydrogen) atoms. The van der Waals surface area contributed by atoms with Crippen molar-refractivity contribution in [2.75, 3.05) is 20.2 Å². The molecule has 0 saturated heterocycles. The fraction of sp³-hybridized carbons (Fsp3) is 0.640. The quantitative estimate of drug-likeness (QED) is 0.456.